The van der Waals surface area contributed by atoms with Gasteiger partial charge in [-0.1, -0.05) is 35.9 Å². The number of nitrogens with two attached hydrogens (primary N) is 1. The van der Waals surface area contributed by atoms with Crippen molar-refractivity contribution in [1.29, 1.82) is 0 Å². The van der Waals surface area contributed by atoms with E-state index in [-0.39, 0.29) is 6.04 Å². The molecule has 0 aromatic heterocycles. The Morgan fingerprint density at radius 2 is 1.90 bits per heavy atom. The zero-order valence-corrected chi connectivity index (χ0v) is 12.8. The third-order valence-corrected chi connectivity index (χ3v) is 3.65. The topological polar surface area (TPSA) is 58.3 Å². The second-order valence-corrected chi connectivity index (χ2v) is 5.76. The zero-order valence-electron chi connectivity index (χ0n) is 12.1. The lowest BCUT2D eigenvalue weighted by Gasteiger charge is -2.18. The van der Waals surface area contributed by atoms with E-state index in [1.165, 1.54) is 5.56 Å². The normalized spacial score (nSPS) is 13.9. The van der Waals surface area contributed by atoms with Gasteiger partial charge >= 0.3 is 0 Å². The number of aliphatic hydroxyl groups is 1. The zero-order chi connectivity index (χ0) is 15.2. The highest BCUT2D eigenvalue weighted by molar-refractivity contribution is 6.30. The van der Waals surface area contributed by atoms with E-state index in [4.69, 9.17) is 17.3 Å². The van der Waals surface area contributed by atoms with Crippen molar-refractivity contribution in [2.75, 3.05) is 12.3 Å². The highest BCUT2D eigenvalue weighted by Gasteiger charge is 2.10. The van der Waals surface area contributed by atoms with E-state index in [0.717, 1.165) is 17.7 Å². The van der Waals surface area contributed by atoms with Gasteiger partial charge in [-0.15, -0.1) is 0 Å². The first-order chi connectivity index (χ1) is 10.0. The van der Waals surface area contributed by atoms with Crippen LogP contribution in [0, 0.1) is 0 Å². The van der Waals surface area contributed by atoms with Crippen molar-refractivity contribution in [3.8, 4) is 0 Å². The van der Waals surface area contributed by atoms with Crippen molar-refractivity contribution < 1.29 is 5.11 Å². The lowest BCUT2D eigenvalue weighted by atomic mass is 10.1. The predicted octanol–water partition coefficient (Wildman–Crippen LogP) is 3.18. The smallest absolute Gasteiger partial charge is 0.0914 e. The Kier molecular flexibility index (Phi) is 5.62. The molecule has 2 aromatic rings. The second-order valence-electron chi connectivity index (χ2n) is 5.33. The Labute approximate surface area is 130 Å². The number of halogens is 1. The van der Waals surface area contributed by atoms with Gasteiger partial charge < -0.3 is 16.2 Å². The van der Waals surface area contributed by atoms with Gasteiger partial charge in [-0.25, -0.2) is 0 Å². The van der Waals surface area contributed by atoms with E-state index in [0.29, 0.717) is 11.6 Å². The maximum Gasteiger partial charge on any atom is 0.0914 e. The summed E-state index contributed by atoms with van der Waals surface area (Å²) in [4.78, 5) is 0. The van der Waals surface area contributed by atoms with Crippen molar-refractivity contribution in [3.63, 3.8) is 0 Å². The summed E-state index contributed by atoms with van der Waals surface area (Å²) in [6, 6.07) is 15.4. The third-order valence-electron chi connectivity index (χ3n) is 3.41. The van der Waals surface area contributed by atoms with Gasteiger partial charge in [-0.05, 0) is 48.7 Å². The van der Waals surface area contributed by atoms with Crippen LogP contribution in [0.1, 0.15) is 24.2 Å². The minimum absolute atomic E-state index is 0.266. The standard InChI is InChI=1S/C17H21ClN2O/c1-12(9-13-5-7-16(19)8-6-13)20-11-17(21)14-3-2-4-15(18)10-14/h2-8,10,12,17,20-21H,9,11,19H2,1H3. The quantitative estimate of drug-likeness (QED) is 0.718. The summed E-state index contributed by atoms with van der Waals surface area (Å²) < 4.78 is 0. The molecule has 4 heteroatoms. The molecule has 2 atom stereocenters. The summed E-state index contributed by atoms with van der Waals surface area (Å²) in [5, 5.41) is 14.1. The molecule has 0 radical (unpaired) electrons. The molecule has 3 nitrogen and oxygen atoms in total. The van der Waals surface area contributed by atoms with Gasteiger partial charge in [0.15, 0.2) is 0 Å². The number of aliphatic hydroxyl groups excluding tert-OH is 1. The molecule has 21 heavy (non-hydrogen) atoms. The highest BCUT2D eigenvalue weighted by atomic mass is 35.5. The summed E-state index contributed by atoms with van der Waals surface area (Å²) in [6.45, 7) is 2.59. The Hall–Kier alpha value is -1.55. The molecule has 0 aliphatic carbocycles. The average Bonchev–Trinajstić information content (AvgIpc) is 2.47. The Bertz CT molecular complexity index is 571. The van der Waals surface area contributed by atoms with Gasteiger partial charge in [0.05, 0.1) is 6.10 Å². The van der Waals surface area contributed by atoms with Crippen LogP contribution in [0.5, 0.6) is 0 Å². The van der Waals surface area contributed by atoms with E-state index in [2.05, 4.69) is 12.2 Å². The maximum atomic E-state index is 10.2. The summed E-state index contributed by atoms with van der Waals surface area (Å²) in [6.07, 6.45) is 0.334. The molecule has 0 spiro atoms. The molecule has 0 aliphatic rings. The summed E-state index contributed by atoms with van der Waals surface area (Å²) in [5.74, 6) is 0. The van der Waals surface area contributed by atoms with E-state index >= 15 is 0 Å². The number of benzene rings is 2. The van der Waals surface area contributed by atoms with Crippen LogP contribution in [0.15, 0.2) is 48.5 Å². The molecule has 2 unspecified atom stereocenters. The molecule has 4 N–H and O–H groups in total. The van der Waals surface area contributed by atoms with Crippen molar-refractivity contribution in [2.24, 2.45) is 0 Å². The molecule has 0 amide bonds. The highest BCUT2D eigenvalue weighted by Crippen LogP contribution is 2.17. The molecule has 0 bridgehead atoms. The molecular formula is C17H21ClN2O. The van der Waals surface area contributed by atoms with Crippen molar-refractivity contribution in [2.45, 2.75) is 25.5 Å². The van der Waals surface area contributed by atoms with Gasteiger partial charge in [0.1, 0.15) is 0 Å². The van der Waals surface area contributed by atoms with Gasteiger partial charge in [-0.3, -0.25) is 0 Å². The van der Waals surface area contributed by atoms with Crippen molar-refractivity contribution in [1.82, 2.24) is 5.32 Å². The monoisotopic (exact) mass is 304 g/mol. The fraction of sp³-hybridized carbons (Fsp3) is 0.294. The van der Waals surface area contributed by atoms with Crippen LogP contribution in [-0.2, 0) is 6.42 Å². The minimum Gasteiger partial charge on any atom is -0.399 e. The summed E-state index contributed by atoms with van der Waals surface area (Å²) >= 11 is 5.93. The van der Waals surface area contributed by atoms with Gasteiger partial charge in [0, 0.05) is 23.3 Å². The minimum atomic E-state index is -0.558. The molecule has 112 valence electrons. The molecule has 0 saturated heterocycles. The van der Waals surface area contributed by atoms with Gasteiger partial charge in [0.25, 0.3) is 0 Å². The van der Waals surface area contributed by atoms with E-state index in [1.54, 1.807) is 12.1 Å². The van der Waals surface area contributed by atoms with Crippen molar-refractivity contribution in [3.05, 3.63) is 64.7 Å². The second kappa shape index (κ2) is 7.46. The Balaban J connectivity index is 1.83. The summed E-state index contributed by atoms with van der Waals surface area (Å²) in [7, 11) is 0. The molecular weight excluding hydrogens is 284 g/mol. The fourth-order valence-electron chi connectivity index (χ4n) is 2.22. The number of nitrogens with one attached hydrogen (secondary N) is 1. The number of anilines is 1. The van der Waals surface area contributed by atoms with E-state index in [9.17, 15) is 5.11 Å². The van der Waals surface area contributed by atoms with Crippen LogP contribution in [0.2, 0.25) is 5.02 Å². The lowest BCUT2D eigenvalue weighted by Crippen LogP contribution is -2.32. The lowest BCUT2D eigenvalue weighted by molar-refractivity contribution is 0.170. The molecule has 0 heterocycles. The van der Waals surface area contributed by atoms with Crippen LogP contribution in [0.4, 0.5) is 5.69 Å². The van der Waals surface area contributed by atoms with Gasteiger partial charge in [-0.2, -0.15) is 0 Å². The Morgan fingerprint density at radius 1 is 1.19 bits per heavy atom. The first-order valence-corrected chi connectivity index (χ1v) is 7.43. The van der Waals surface area contributed by atoms with Crippen LogP contribution in [0.25, 0.3) is 0 Å². The predicted molar refractivity (Wildman–Crippen MR) is 88.4 cm³/mol. The average molecular weight is 305 g/mol. The van der Waals surface area contributed by atoms with Crippen molar-refractivity contribution >= 4 is 17.3 Å². The fourth-order valence-corrected chi connectivity index (χ4v) is 2.42. The molecule has 2 aromatic carbocycles. The first-order valence-electron chi connectivity index (χ1n) is 7.06. The van der Waals surface area contributed by atoms with Crippen LogP contribution >= 0.6 is 11.6 Å². The maximum absolute atomic E-state index is 10.2. The van der Waals surface area contributed by atoms with Crippen LogP contribution < -0.4 is 11.1 Å². The van der Waals surface area contributed by atoms with Crippen LogP contribution in [-0.4, -0.2) is 17.7 Å². The SMILES string of the molecule is CC(Cc1ccc(N)cc1)NCC(O)c1cccc(Cl)c1. The molecule has 0 aliphatic heterocycles. The number of hydrogen-bond acceptors (Lipinski definition) is 3. The first kappa shape index (κ1) is 15.8. The number of hydrogen-bond donors (Lipinski definition) is 3. The molecule has 0 saturated carbocycles. The number of rotatable bonds is 6. The third kappa shape index (κ3) is 5.05. The summed E-state index contributed by atoms with van der Waals surface area (Å²) in [5.41, 5.74) is 8.50. The van der Waals surface area contributed by atoms with Gasteiger partial charge in [0.2, 0.25) is 0 Å². The Morgan fingerprint density at radius 3 is 2.57 bits per heavy atom. The molecule has 2 rings (SSSR count). The van der Waals surface area contributed by atoms with E-state index in [1.807, 2.05) is 36.4 Å². The largest absolute Gasteiger partial charge is 0.399 e. The number of nitrogen functional groups attached to an aromatic ring is 1. The molecule has 0 fully saturated rings. The van der Waals surface area contributed by atoms with Crippen LogP contribution in [0.3, 0.4) is 0 Å². The van der Waals surface area contributed by atoms with E-state index < -0.39 is 6.10 Å².